The molecule has 0 amide bonds. The van der Waals surface area contributed by atoms with E-state index in [-0.39, 0.29) is 23.7 Å². The third-order valence-electron chi connectivity index (χ3n) is 5.04. The highest BCUT2D eigenvalue weighted by Gasteiger charge is 2.31. The minimum absolute atomic E-state index is 0.121. The van der Waals surface area contributed by atoms with Gasteiger partial charge in [0.05, 0.1) is 18.7 Å². The second kappa shape index (κ2) is 7.72. The van der Waals surface area contributed by atoms with Gasteiger partial charge in [-0.3, -0.25) is 5.32 Å². The van der Waals surface area contributed by atoms with Crippen LogP contribution in [0.4, 0.5) is 0 Å². The first-order valence-corrected chi connectivity index (χ1v) is 9.34. The quantitative estimate of drug-likeness (QED) is 0.853. The fourth-order valence-corrected chi connectivity index (χ4v) is 3.55. The number of nitrogens with one attached hydrogen (secondary N) is 1. The van der Waals surface area contributed by atoms with Crippen molar-refractivity contribution in [3.05, 3.63) is 35.7 Å². The molecule has 1 saturated carbocycles. The van der Waals surface area contributed by atoms with Crippen molar-refractivity contribution in [2.75, 3.05) is 7.11 Å². The van der Waals surface area contributed by atoms with E-state index in [0.717, 1.165) is 30.0 Å². The molecule has 2 aromatic rings. The van der Waals surface area contributed by atoms with Crippen LogP contribution in [0.1, 0.15) is 63.9 Å². The molecule has 1 aliphatic carbocycles. The van der Waals surface area contributed by atoms with Crippen LogP contribution >= 0.6 is 0 Å². The summed E-state index contributed by atoms with van der Waals surface area (Å²) in [5, 5.41) is 16.3. The number of aromatic nitrogens is 4. The maximum absolute atomic E-state index is 6.39. The summed E-state index contributed by atoms with van der Waals surface area (Å²) in [6.07, 6.45) is 4.53. The molecule has 3 rings (SSSR count). The Hall–Kier alpha value is -1.99. The molecule has 3 unspecified atom stereocenters. The summed E-state index contributed by atoms with van der Waals surface area (Å²) >= 11 is 0. The first kappa shape index (κ1) is 18.8. The van der Waals surface area contributed by atoms with E-state index in [2.05, 4.69) is 53.7 Å². The molecule has 0 aliphatic heterocycles. The lowest BCUT2D eigenvalue weighted by molar-refractivity contribution is 0.287. The second-order valence-corrected chi connectivity index (χ2v) is 8.05. The summed E-state index contributed by atoms with van der Waals surface area (Å²) in [7, 11) is 1.67. The van der Waals surface area contributed by atoms with E-state index in [1.54, 1.807) is 7.11 Å². The van der Waals surface area contributed by atoms with Crippen LogP contribution in [0.2, 0.25) is 0 Å². The zero-order chi connectivity index (χ0) is 18.7. The van der Waals surface area contributed by atoms with Crippen molar-refractivity contribution >= 4 is 0 Å². The average Bonchev–Trinajstić information content (AvgIpc) is 3.11. The number of rotatable bonds is 5. The van der Waals surface area contributed by atoms with Crippen LogP contribution in [0.25, 0.3) is 0 Å². The Labute approximate surface area is 155 Å². The molecule has 7 heteroatoms. The molecule has 3 N–H and O–H groups in total. The smallest absolute Gasteiger partial charge is 0.173 e. The standard InChI is InChI=1S/C19H30N6O/c1-19(2,3)25-18(22-23-24-25)17(13-9-11-14(26-4)12-10-13)21-16-8-6-5-7-15(16)20/h9-12,15-17,21H,5-8,20H2,1-4H3. The minimum atomic E-state index is -0.208. The summed E-state index contributed by atoms with van der Waals surface area (Å²) < 4.78 is 7.19. The van der Waals surface area contributed by atoms with Crippen LogP contribution < -0.4 is 15.8 Å². The van der Waals surface area contributed by atoms with Crippen molar-refractivity contribution in [1.82, 2.24) is 25.5 Å². The van der Waals surface area contributed by atoms with E-state index in [0.29, 0.717) is 0 Å². The van der Waals surface area contributed by atoms with Gasteiger partial charge in [-0.1, -0.05) is 25.0 Å². The first-order chi connectivity index (χ1) is 12.4. The van der Waals surface area contributed by atoms with Crippen molar-refractivity contribution in [2.45, 2.75) is 70.1 Å². The fourth-order valence-electron chi connectivity index (χ4n) is 3.55. The highest BCUT2D eigenvalue weighted by atomic mass is 16.5. The zero-order valence-electron chi connectivity index (χ0n) is 16.1. The van der Waals surface area contributed by atoms with Crippen molar-refractivity contribution in [3.8, 4) is 5.75 Å². The average molecular weight is 358 g/mol. The van der Waals surface area contributed by atoms with Crippen LogP contribution in [-0.2, 0) is 5.54 Å². The zero-order valence-corrected chi connectivity index (χ0v) is 16.1. The van der Waals surface area contributed by atoms with Gasteiger partial charge in [0.25, 0.3) is 0 Å². The van der Waals surface area contributed by atoms with Crippen LogP contribution in [0.3, 0.4) is 0 Å². The second-order valence-electron chi connectivity index (χ2n) is 8.05. The fraction of sp³-hybridized carbons (Fsp3) is 0.632. The molecule has 0 radical (unpaired) electrons. The van der Waals surface area contributed by atoms with Crippen LogP contribution in [-0.4, -0.2) is 39.4 Å². The van der Waals surface area contributed by atoms with Crippen LogP contribution in [0.15, 0.2) is 24.3 Å². The van der Waals surface area contributed by atoms with E-state index in [9.17, 15) is 0 Å². The van der Waals surface area contributed by atoms with Gasteiger partial charge in [-0.15, -0.1) is 5.10 Å². The maximum Gasteiger partial charge on any atom is 0.173 e. The van der Waals surface area contributed by atoms with E-state index >= 15 is 0 Å². The molecule has 26 heavy (non-hydrogen) atoms. The van der Waals surface area contributed by atoms with Crippen molar-refractivity contribution in [2.24, 2.45) is 5.73 Å². The number of ether oxygens (including phenoxy) is 1. The molecule has 1 aromatic carbocycles. The number of hydrogen-bond acceptors (Lipinski definition) is 6. The number of tetrazole rings is 1. The monoisotopic (exact) mass is 358 g/mol. The molecule has 0 saturated heterocycles. The Morgan fingerprint density at radius 2 is 1.88 bits per heavy atom. The predicted molar refractivity (Wildman–Crippen MR) is 101 cm³/mol. The molecule has 0 spiro atoms. The first-order valence-electron chi connectivity index (χ1n) is 9.34. The Bertz CT molecular complexity index is 706. The Balaban J connectivity index is 1.97. The van der Waals surface area contributed by atoms with Crippen molar-refractivity contribution in [3.63, 3.8) is 0 Å². The maximum atomic E-state index is 6.39. The number of benzene rings is 1. The number of hydrogen-bond donors (Lipinski definition) is 2. The molecule has 1 heterocycles. The highest BCUT2D eigenvalue weighted by molar-refractivity contribution is 5.32. The summed E-state index contributed by atoms with van der Waals surface area (Å²) in [6.45, 7) is 6.30. The van der Waals surface area contributed by atoms with Gasteiger partial charge in [0, 0.05) is 12.1 Å². The minimum Gasteiger partial charge on any atom is -0.497 e. The Morgan fingerprint density at radius 1 is 1.19 bits per heavy atom. The third kappa shape index (κ3) is 4.04. The molecule has 0 bridgehead atoms. The van der Waals surface area contributed by atoms with Crippen molar-refractivity contribution < 1.29 is 4.74 Å². The Morgan fingerprint density at radius 3 is 2.50 bits per heavy atom. The normalized spacial score (nSPS) is 22.2. The van der Waals surface area contributed by atoms with E-state index in [4.69, 9.17) is 10.5 Å². The van der Waals surface area contributed by atoms with Gasteiger partial charge in [0.1, 0.15) is 5.75 Å². The summed E-state index contributed by atoms with van der Waals surface area (Å²) in [6, 6.07) is 8.35. The van der Waals surface area contributed by atoms with Crippen LogP contribution in [0, 0.1) is 0 Å². The molecule has 3 atom stereocenters. The molecular weight excluding hydrogens is 328 g/mol. The largest absolute Gasteiger partial charge is 0.497 e. The Kier molecular flexibility index (Phi) is 5.58. The topological polar surface area (TPSA) is 90.9 Å². The molecule has 142 valence electrons. The lowest BCUT2D eigenvalue weighted by Crippen LogP contribution is -2.49. The predicted octanol–water partition coefficient (Wildman–Crippen LogP) is 2.39. The van der Waals surface area contributed by atoms with E-state index < -0.39 is 0 Å². The van der Waals surface area contributed by atoms with Gasteiger partial charge in [0.2, 0.25) is 0 Å². The van der Waals surface area contributed by atoms with E-state index in [1.165, 1.54) is 12.8 Å². The molecular formula is C19H30N6O. The summed E-state index contributed by atoms with van der Waals surface area (Å²) in [5.41, 5.74) is 7.28. The lowest BCUT2D eigenvalue weighted by Gasteiger charge is -2.33. The number of nitrogens with two attached hydrogens (primary N) is 1. The van der Waals surface area contributed by atoms with Gasteiger partial charge in [-0.2, -0.15) is 0 Å². The summed E-state index contributed by atoms with van der Waals surface area (Å²) in [5.74, 6) is 1.64. The van der Waals surface area contributed by atoms with Gasteiger partial charge in [-0.05, 0) is 61.7 Å². The number of methoxy groups -OCH3 is 1. The molecule has 1 aromatic heterocycles. The van der Waals surface area contributed by atoms with Gasteiger partial charge < -0.3 is 10.5 Å². The van der Waals surface area contributed by atoms with Crippen molar-refractivity contribution in [1.29, 1.82) is 0 Å². The van der Waals surface area contributed by atoms with Crippen LogP contribution in [0.5, 0.6) is 5.75 Å². The molecule has 1 fully saturated rings. The summed E-state index contributed by atoms with van der Waals surface area (Å²) in [4.78, 5) is 0. The molecule has 7 nitrogen and oxygen atoms in total. The molecule has 1 aliphatic rings. The lowest BCUT2D eigenvalue weighted by atomic mass is 9.89. The van der Waals surface area contributed by atoms with Gasteiger partial charge >= 0.3 is 0 Å². The highest BCUT2D eigenvalue weighted by Crippen LogP contribution is 2.28. The SMILES string of the molecule is COc1ccc(C(NC2CCCCC2N)c2nnnn2C(C)(C)C)cc1. The van der Waals surface area contributed by atoms with Gasteiger partial charge in [-0.25, -0.2) is 4.68 Å². The third-order valence-corrected chi connectivity index (χ3v) is 5.04. The van der Waals surface area contributed by atoms with Gasteiger partial charge in [0.15, 0.2) is 5.82 Å². The number of nitrogens with zero attached hydrogens (tertiary/aromatic N) is 4. The van der Waals surface area contributed by atoms with E-state index in [1.807, 2.05) is 16.8 Å².